The fourth-order valence-electron chi connectivity index (χ4n) is 3.41. The van der Waals surface area contributed by atoms with Gasteiger partial charge in [-0.1, -0.05) is 69.3 Å². The number of hydrogen-bond donors (Lipinski definition) is 0. The number of para-hydroxylation sites is 1. The van der Waals surface area contributed by atoms with Crippen LogP contribution in [0, 0.1) is 5.41 Å². The second kappa shape index (κ2) is 7.73. The third-order valence-electron chi connectivity index (χ3n) is 4.82. The highest BCUT2D eigenvalue weighted by atomic mass is 16.5. The van der Waals surface area contributed by atoms with Crippen molar-refractivity contribution < 1.29 is 14.3 Å². The van der Waals surface area contributed by atoms with Gasteiger partial charge >= 0.3 is 5.97 Å². The number of carbonyl (C=O) groups excluding carboxylic acids is 1. The highest BCUT2D eigenvalue weighted by Gasteiger charge is 2.51. The highest BCUT2D eigenvalue weighted by molar-refractivity contribution is 5.85. The lowest BCUT2D eigenvalue weighted by molar-refractivity contribution is -0.155. The molecule has 0 aliphatic heterocycles. The van der Waals surface area contributed by atoms with Crippen molar-refractivity contribution in [3.63, 3.8) is 0 Å². The van der Waals surface area contributed by atoms with Crippen LogP contribution in [0.4, 0.5) is 0 Å². The summed E-state index contributed by atoms with van der Waals surface area (Å²) in [4.78, 5) is 13.3. The third-order valence-corrected chi connectivity index (χ3v) is 4.82. The number of rotatable bonds is 6. The van der Waals surface area contributed by atoms with Crippen LogP contribution in [-0.4, -0.2) is 19.7 Å². The normalized spacial score (nSPS) is 13.8. The Balaban J connectivity index is 2.67. The van der Waals surface area contributed by atoms with Crippen molar-refractivity contribution in [2.24, 2.45) is 5.41 Å². The van der Waals surface area contributed by atoms with E-state index in [0.717, 1.165) is 16.9 Å². The van der Waals surface area contributed by atoms with Gasteiger partial charge in [0.2, 0.25) is 0 Å². The maximum Gasteiger partial charge on any atom is 0.317 e. The molecule has 0 bridgehead atoms. The maximum atomic E-state index is 13.3. The molecule has 2 aromatic carbocycles. The molecule has 0 heterocycles. The zero-order valence-corrected chi connectivity index (χ0v) is 15.8. The van der Waals surface area contributed by atoms with Crippen molar-refractivity contribution in [3.05, 3.63) is 65.7 Å². The molecule has 3 heteroatoms. The first-order chi connectivity index (χ1) is 11.9. The Labute approximate surface area is 151 Å². The molecule has 134 valence electrons. The van der Waals surface area contributed by atoms with Crippen LogP contribution in [0.1, 0.15) is 38.8 Å². The van der Waals surface area contributed by atoms with E-state index < -0.39 is 5.41 Å². The van der Waals surface area contributed by atoms with E-state index in [1.54, 1.807) is 7.11 Å². The predicted octanol–water partition coefficient (Wildman–Crippen LogP) is 4.78. The predicted molar refractivity (Wildman–Crippen MR) is 101 cm³/mol. The first-order valence-electron chi connectivity index (χ1n) is 8.71. The van der Waals surface area contributed by atoms with Gasteiger partial charge in [0.1, 0.15) is 11.2 Å². The summed E-state index contributed by atoms with van der Waals surface area (Å²) in [6.45, 7) is 8.47. The minimum atomic E-state index is -0.807. The van der Waals surface area contributed by atoms with Crippen LogP contribution >= 0.6 is 0 Å². The second-order valence-corrected chi connectivity index (χ2v) is 7.23. The molecule has 1 unspecified atom stereocenters. The number of esters is 1. The van der Waals surface area contributed by atoms with Crippen molar-refractivity contribution in [2.45, 2.75) is 39.5 Å². The van der Waals surface area contributed by atoms with Gasteiger partial charge in [-0.05, 0) is 36.0 Å². The van der Waals surface area contributed by atoms with E-state index in [-0.39, 0.29) is 11.4 Å². The summed E-state index contributed by atoms with van der Waals surface area (Å²) in [5.41, 5.74) is 0.809. The minimum absolute atomic E-state index is 0.195. The SMILES string of the molecule is CCOC(=O)C(Cc1ccccc1OC)(c1ccccc1)C(C)(C)C. The number of methoxy groups -OCH3 is 1. The highest BCUT2D eigenvalue weighted by Crippen LogP contribution is 2.46. The molecule has 25 heavy (non-hydrogen) atoms. The van der Waals surface area contributed by atoms with E-state index in [1.807, 2.05) is 61.5 Å². The van der Waals surface area contributed by atoms with Crippen LogP contribution in [-0.2, 0) is 21.4 Å². The molecule has 0 N–H and O–H groups in total. The van der Waals surface area contributed by atoms with Crippen LogP contribution in [0.15, 0.2) is 54.6 Å². The summed E-state index contributed by atoms with van der Waals surface area (Å²) >= 11 is 0. The Kier molecular flexibility index (Phi) is 5.89. The molecule has 1 atom stereocenters. The molecule has 0 aromatic heterocycles. The molecule has 0 radical (unpaired) electrons. The van der Waals surface area contributed by atoms with Gasteiger partial charge in [0.05, 0.1) is 13.7 Å². The molecule has 2 rings (SSSR count). The molecule has 0 aliphatic rings. The van der Waals surface area contributed by atoms with Crippen LogP contribution in [0.25, 0.3) is 0 Å². The molecule has 0 aliphatic carbocycles. The molecule has 0 fully saturated rings. The van der Waals surface area contributed by atoms with Gasteiger partial charge in [0, 0.05) is 0 Å². The number of ether oxygens (including phenoxy) is 2. The molecule has 3 nitrogen and oxygen atoms in total. The van der Waals surface area contributed by atoms with Gasteiger partial charge in [-0.15, -0.1) is 0 Å². The van der Waals surface area contributed by atoms with Crippen molar-refractivity contribution in [1.82, 2.24) is 0 Å². The molecule has 2 aromatic rings. The van der Waals surface area contributed by atoms with Crippen LogP contribution in [0.2, 0.25) is 0 Å². The fourth-order valence-corrected chi connectivity index (χ4v) is 3.41. The lowest BCUT2D eigenvalue weighted by atomic mass is 9.59. The summed E-state index contributed by atoms with van der Waals surface area (Å²) in [5.74, 6) is 0.593. The summed E-state index contributed by atoms with van der Waals surface area (Å²) in [7, 11) is 1.66. The first-order valence-corrected chi connectivity index (χ1v) is 8.71. The molecular weight excluding hydrogens is 312 g/mol. The first kappa shape index (κ1) is 19.0. The van der Waals surface area contributed by atoms with E-state index in [9.17, 15) is 4.79 Å². The van der Waals surface area contributed by atoms with Crippen LogP contribution in [0.5, 0.6) is 5.75 Å². The van der Waals surface area contributed by atoms with Crippen molar-refractivity contribution in [3.8, 4) is 5.75 Å². The van der Waals surface area contributed by atoms with Crippen molar-refractivity contribution in [1.29, 1.82) is 0 Å². The van der Waals surface area contributed by atoms with Gasteiger partial charge in [0.25, 0.3) is 0 Å². The fraction of sp³-hybridized carbons (Fsp3) is 0.409. The van der Waals surface area contributed by atoms with E-state index in [1.165, 1.54) is 0 Å². The van der Waals surface area contributed by atoms with Gasteiger partial charge in [-0.2, -0.15) is 0 Å². The van der Waals surface area contributed by atoms with E-state index in [4.69, 9.17) is 9.47 Å². The lowest BCUT2D eigenvalue weighted by Gasteiger charge is -2.43. The van der Waals surface area contributed by atoms with E-state index in [0.29, 0.717) is 13.0 Å². The largest absolute Gasteiger partial charge is 0.496 e. The quantitative estimate of drug-likeness (QED) is 0.710. The van der Waals surface area contributed by atoms with Gasteiger partial charge in [-0.25, -0.2) is 0 Å². The van der Waals surface area contributed by atoms with E-state index in [2.05, 4.69) is 20.8 Å². The summed E-state index contributed by atoms with van der Waals surface area (Å²) in [5, 5.41) is 0. The van der Waals surface area contributed by atoms with Gasteiger partial charge in [0.15, 0.2) is 0 Å². The van der Waals surface area contributed by atoms with Crippen LogP contribution in [0.3, 0.4) is 0 Å². The summed E-state index contributed by atoms with van der Waals surface area (Å²) in [6.07, 6.45) is 0.517. The Morgan fingerprint density at radius 2 is 1.56 bits per heavy atom. The second-order valence-electron chi connectivity index (χ2n) is 7.23. The standard InChI is InChI=1S/C22H28O3/c1-6-25-20(23)22(21(2,3)4,18-13-8-7-9-14-18)16-17-12-10-11-15-19(17)24-5/h7-15H,6,16H2,1-5H3. The zero-order valence-electron chi connectivity index (χ0n) is 15.8. The molecule has 0 spiro atoms. The van der Waals surface area contributed by atoms with Crippen molar-refractivity contribution in [2.75, 3.05) is 13.7 Å². The number of hydrogen-bond acceptors (Lipinski definition) is 3. The van der Waals surface area contributed by atoms with E-state index >= 15 is 0 Å². The Morgan fingerprint density at radius 1 is 0.960 bits per heavy atom. The summed E-state index contributed by atoms with van der Waals surface area (Å²) < 4.78 is 11.1. The average Bonchev–Trinajstić information content (AvgIpc) is 2.59. The monoisotopic (exact) mass is 340 g/mol. The lowest BCUT2D eigenvalue weighted by Crippen LogP contribution is -2.50. The van der Waals surface area contributed by atoms with Gasteiger partial charge in [-0.3, -0.25) is 4.79 Å². The molecule has 0 saturated carbocycles. The maximum absolute atomic E-state index is 13.3. The number of benzene rings is 2. The molecule has 0 amide bonds. The Hall–Kier alpha value is -2.29. The average molecular weight is 340 g/mol. The van der Waals surface area contributed by atoms with Crippen LogP contribution < -0.4 is 4.74 Å². The molecular formula is C22H28O3. The zero-order chi connectivity index (χ0) is 18.5. The minimum Gasteiger partial charge on any atom is -0.496 e. The smallest absolute Gasteiger partial charge is 0.317 e. The topological polar surface area (TPSA) is 35.5 Å². The summed E-state index contributed by atoms with van der Waals surface area (Å²) in [6, 6.07) is 17.8. The van der Waals surface area contributed by atoms with Crippen molar-refractivity contribution >= 4 is 5.97 Å². The van der Waals surface area contributed by atoms with Gasteiger partial charge < -0.3 is 9.47 Å². The Bertz CT molecular complexity index is 701. The Morgan fingerprint density at radius 3 is 2.12 bits per heavy atom. The molecule has 0 saturated heterocycles. The number of carbonyl (C=O) groups is 1. The third kappa shape index (κ3) is 3.71.